The highest BCUT2D eigenvalue weighted by Gasteiger charge is 2.41. The molecule has 0 radical (unpaired) electrons. The fourth-order valence-corrected chi connectivity index (χ4v) is 5.59. The molecule has 2 N–H and O–H groups in total. The predicted molar refractivity (Wildman–Crippen MR) is 125 cm³/mol. The number of nitrogens with zero attached hydrogens (tertiary/aromatic N) is 2. The van der Waals surface area contributed by atoms with Gasteiger partial charge in [0.25, 0.3) is 5.91 Å². The zero-order valence-electron chi connectivity index (χ0n) is 20.0. The Morgan fingerprint density at radius 2 is 1.86 bits per heavy atom. The Morgan fingerprint density at radius 1 is 1.11 bits per heavy atom. The van der Waals surface area contributed by atoms with Crippen molar-refractivity contribution in [3.8, 4) is 0 Å². The number of amides is 3. The SMILES string of the molecule is CCCN(c1cccc2c1CN(C1CCC(=O)NC1=O)C2=O)C1CCC(NCCC(F)(F)F)CC1. The molecule has 1 unspecified atom stereocenters. The molecule has 35 heavy (non-hydrogen) atoms. The van der Waals surface area contributed by atoms with Gasteiger partial charge in [0.2, 0.25) is 11.8 Å². The molecular formula is C25H33F3N4O3. The third-order valence-electron chi connectivity index (χ3n) is 7.31. The summed E-state index contributed by atoms with van der Waals surface area (Å²) in [5, 5.41) is 5.39. The Hall–Kier alpha value is -2.62. The van der Waals surface area contributed by atoms with Crippen molar-refractivity contribution in [3.63, 3.8) is 0 Å². The molecule has 1 aromatic carbocycles. The highest BCUT2D eigenvalue weighted by Crippen LogP contribution is 2.37. The highest BCUT2D eigenvalue weighted by molar-refractivity contribution is 6.06. The van der Waals surface area contributed by atoms with Crippen LogP contribution < -0.4 is 15.5 Å². The minimum atomic E-state index is -4.14. The second-order valence-corrected chi connectivity index (χ2v) is 9.72. The van der Waals surface area contributed by atoms with Gasteiger partial charge < -0.3 is 15.1 Å². The van der Waals surface area contributed by atoms with Gasteiger partial charge in [-0.15, -0.1) is 0 Å². The van der Waals surface area contributed by atoms with Crippen LogP contribution in [0.25, 0.3) is 0 Å². The van der Waals surface area contributed by atoms with Crippen LogP contribution >= 0.6 is 0 Å². The summed E-state index contributed by atoms with van der Waals surface area (Å²) in [5.74, 6) is -0.926. The van der Waals surface area contributed by atoms with Crippen LogP contribution in [0.15, 0.2) is 18.2 Å². The number of hydrogen-bond acceptors (Lipinski definition) is 5. The van der Waals surface area contributed by atoms with Crippen LogP contribution in [0.1, 0.15) is 74.2 Å². The van der Waals surface area contributed by atoms with Gasteiger partial charge in [0.1, 0.15) is 6.04 Å². The number of fused-ring (bicyclic) bond motifs is 1. The van der Waals surface area contributed by atoms with Crippen molar-refractivity contribution in [2.24, 2.45) is 0 Å². The number of hydrogen-bond donors (Lipinski definition) is 2. The first-order valence-electron chi connectivity index (χ1n) is 12.5. The van der Waals surface area contributed by atoms with Gasteiger partial charge >= 0.3 is 6.18 Å². The highest BCUT2D eigenvalue weighted by atomic mass is 19.4. The summed E-state index contributed by atoms with van der Waals surface area (Å²) in [6, 6.07) is 5.35. The molecule has 2 heterocycles. The zero-order chi connectivity index (χ0) is 25.2. The Balaban J connectivity index is 1.46. The van der Waals surface area contributed by atoms with Crippen molar-refractivity contribution < 1.29 is 27.6 Å². The minimum Gasteiger partial charge on any atom is -0.368 e. The van der Waals surface area contributed by atoms with E-state index in [9.17, 15) is 27.6 Å². The molecule has 1 aromatic rings. The molecule has 1 aliphatic carbocycles. The van der Waals surface area contributed by atoms with E-state index in [1.165, 1.54) is 0 Å². The summed E-state index contributed by atoms with van der Waals surface area (Å²) in [5.41, 5.74) is 2.48. The molecule has 7 nitrogen and oxygen atoms in total. The van der Waals surface area contributed by atoms with Crippen molar-refractivity contribution in [1.29, 1.82) is 0 Å². The molecular weight excluding hydrogens is 461 g/mol. The normalized spacial score (nSPS) is 25.0. The Bertz CT molecular complexity index is 960. The largest absolute Gasteiger partial charge is 0.390 e. The van der Waals surface area contributed by atoms with E-state index in [1.807, 2.05) is 12.1 Å². The number of halogens is 3. The molecule has 1 saturated carbocycles. The van der Waals surface area contributed by atoms with Gasteiger partial charge in [0.15, 0.2) is 0 Å². The molecule has 0 bridgehead atoms. The average molecular weight is 495 g/mol. The smallest absolute Gasteiger partial charge is 0.368 e. The fraction of sp³-hybridized carbons (Fsp3) is 0.640. The van der Waals surface area contributed by atoms with Gasteiger partial charge in [-0.3, -0.25) is 19.7 Å². The van der Waals surface area contributed by atoms with Crippen LogP contribution in [-0.4, -0.2) is 60.0 Å². The maximum atomic E-state index is 13.2. The van der Waals surface area contributed by atoms with Gasteiger partial charge in [-0.2, -0.15) is 13.2 Å². The molecule has 1 saturated heterocycles. The summed E-state index contributed by atoms with van der Waals surface area (Å²) >= 11 is 0. The van der Waals surface area contributed by atoms with Crippen molar-refractivity contribution in [2.45, 2.75) is 89.1 Å². The van der Waals surface area contributed by atoms with Crippen molar-refractivity contribution in [3.05, 3.63) is 29.3 Å². The molecule has 3 amide bonds. The molecule has 2 fully saturated rings. The van der Waals surface area contributed by atoms with Gasteiger partial charge in [-0.05, 0) is 50.7 Å². The number of nitrogens with one attached hydrogen (secondary N) is 2. The molecule has 192 valence electrons. The van der Waals surface area contributed by atoms with Crippen molar-refractivity contribution in [2.75, 3.05) is 18.0 Å². The van der Waals surface area contributed by atoms with E-state index < -0.39 is 24.5 Å². The maximum absolute atomic E-state index is 13.2. The van der Waals surface area contributed by atoms with E-state index in [1.54, 1.807) is 11.0 Å². The van der Waals surface area contributed by atoms with Gasteiger partial charge in [0, 0.05) is 55.0 Å². The monoisotopic (exact) mass is 494 g/mol. The molecule has 0 aromatic heterocycles. The number of imide groups is 1. The molecule has 3 aliphatic rings. The third-order valence-corrected chi connectivity index (χ3v) is 7.31. The molecule has 4 rings (SSSR count). The summed E-state index contributed by atoms with van der Waals surface area (Å²) in [4.78, 5) is 41.1. The van der Waals surface area contributed by atoms with Crippen molar-refractivity contribution >= 4 is 23.4 Å². The first kappa shape index (κ1) is 25.5. The lowest BCUT2D eigenvalue weighted by molar-refractivity contribution is -0.137. The number of piperidine rings is 1. The van der Waals surface area contributed by atoms with Crippen LogP contribution in [0.3, 0.4) is 0 Å². The molecule has 0 spiro atoms. The first-order chi connectivity index (χ1) is 16.7. The topological polar surface area (TPSA) is 81.8 Å². The third kappa shape index (κ3) is 5.79. The number of carbonyl (C=O) groups excluding carboxylic acids is 3. The number of carbonyl (C=O) groups is 3. The van der Waals surface area contributed by atoms with Crippen LogP contribution in [0, 0.1) is 0 Å². The fourth-order valence-electron chi connectivity index (χ4n) is 5.59. The van der Waals surface area contributed by atoms with Crippen LogP contribution in [-0.2, 0) is 16.1 Å². The van der Waals surface area contributed by atoms with E-state index in [4.69, 9.17) is 0 Å². The number of benzene rings is 1. The van der Waals surface area contributed by atoms with Crippen LogP contribution in [0.4, 0.5) is 18.9 Å². The molecule has 2 aliphatic heterocycles. The van der Waals surface area contributed by atoms with Gasteiger partial charge in [0.05, 0.1) is 6.42 Å². The second kappa shape index (κ2) is 10.6. The van der Waals surface area contributed by atoms with Gasteiger partial charge in [-0.25, -0.2) is 0 Å². The van der Waals surface area contributed by atoms with Crippen LogP contribution in [0.2, 0.25) is 0 Å². The minimum absolute atomic E-state index is 0.0536. The van der Waals surface area contributed by atoms with Crippen molar-refractivity contribution in [1.82, 2.24) is 15.5 Å². The van der Waals surface area contributed by atoms with E-state index >= 15 is 0 Å². The standard InChI is InChI=1S/C25H33F3N4O3/c1-2-14-31(17-8-6-16(7-9-17)29-13-12-25(26,27)28)20-5-3-4-18-19(20)15-32(24(18)35)21-10-11-22(33)30-23(21)34/h3-5,16-17,21,29H,2,6-15H2,1H3,(H,30,33,34). The molecule has 1 atom stereocenters. The quantitative estimate of drug-likeness (QED) is 0.541. The first-order valence-corrected chi connectivity index (χ1v) is 12.5. The maximum Gasteiger partial charge on any atom is 0.390 e. The second-order valence-electron chi connectivity index (χ2n) is 9.72. The van der Waals surface area contributed by atoms with E-state index in [-0.39, 0.29) is 36.9 Å². The lowest BCUT2D eigenvalue weighted by atomic mass is 9.89. The Labute approximate surface area is 203 Å². The van der Waals surface area contributed by atoms with E-state index in [0.29, 0.717) is 18.5 Å². The zero-order valence-corrected chi connectivity index (χ0v) is 20.0. The average Bonchev–Trinajstić information content (AvgIpc) is 3.14. The summed E-state index contributed by atoms with van der Waals surface area (Å²) < 4.78 is 37.4. The number of anilines is 1. The van der Waals surface area contributed by atoms with Gasteiger partial charge in [-0.1, -0.05) is 13.0 Å². The summed E-state index contributed by atoms with van der Waals surface area (Å²) in [6.07, 6.45) is -0.181. The van der Waals surface area contributed by atoms with E-state index in [0.717, 1.165) is 49.9 Å². The summed E-state index contributed by atoms with van der Waals surface area (Å²) in [6.45, 7) is 3.17. The predicted octanol–water partition coefficient (Wildman–Crippen LogP) is 3.52. The van der Waals surface area contributed by atoms with E-state index in [2.05, 4.69) is 22.5 Å². The number of rotatable bonds is 8. The Kier molecular flexibility index (Phi) is 7.68. The summed E-state index contributed by atoms with van der Waals surface area (Å²) in [7, 11) is 0. The molecule has 10 heteroatoms. The number of alkyl halides is 3. The lowest BCUT2D eigenvalue weighted by Gasteiger charge is -2.39. The Morgan fingerprint density at radius 3 is 2.51 bits per heavy atom. The van der Waals surface area contributed by atoms with Crippen LogP contribution in [0.5, 0.6) is 0 Å². The lowest BCUT2D eigenvalue weighted by Crippen LogP contribution is -2.52.